The normalized spacial score (nSPS) is 9.93. The van der Waals surface area contributed by atoms with Crippen LogP contribution >= 0.6 is 0 Å². The van der Waals surface area contributed by atoms with Crippen LogP contribution in [0.3, 0.4) is 0 Å². The zero-order valence-electron chi connectivity index (χ0n) is 8.72. The number of hydrogen-bond acceptors (Lipinski definition) is 3. The van der Waals surface area contributed by atoms with E-state index in [4.69, 9.17) is 15.9 Å². The van der Waals surface area contributed by atoms with Crippen LogP contribution in [0.4, 0.5) is 0 Å². The number of nitrogens with two attached hydrogens (primary N) is 1. The molecule has 3 N–H and O–H groups in total. The molecule has 0 atom stereocenters. The Labute approximate surface area is 83.6 Å². The molecule has 0 aliphatic carbocycles. The first-order chi connectivity index (χ1) is 6.56. The van der Waals surface area contributed by atoms with Gasteiger partial charge in [0, 0.05) is 5.69 Å². The Bertz CT molecular complexity index is 361. The van der Waals surface area contributed by atoms with Gasteiger partial charge < -0.3 is 10.5 Å². The van der Waals surface area contributed by atoms with E-state index in [0.717, 1.165) is 11.3 Å². The lowest BCUT2D eigenvalue weighted by atomic mass is 10.1. The number of hydrogen-bond donors (Lipinski definition) is 2. The Kier molecular flexibility index (Phi) is 3.06. The van der Waals surface area contributed by atoms with Crippen molar-refractivity contribution < 1.29 is 4.74 Å². The fraction of sp³-hybridized carbons (Fsp3) is 0.400. The topological polar surface area (TPSA) is 72.0 Å². The minimum atomic E-state index is -0.00144. The van der Waals surface area contributed by atoms with E-state index < -0.39 is 0 Å². The summed E-state index contributed by atoms with van der Waals surface area (Å²) < 4.78 is 5.33. The smallest absolute Gasteiger partial charge is 0.224 e. The van der Waals surface area contributed by atoms with Crippen LogP contribution in [0.5, 0.6) is 5.88 Å². The van der Waals surface area contributed by atoms with Gasteiger partial charge in [-0.1, -0.05) is 0 Å². The second-order valence-electron chi connectivity index (χ2n) is 3.11. The molecule has 1 aromatic rings. The van der Waals surface area contributed by atoms with Crippen molar-refractivity contribution in [1.82, 2.24) is 4.98 Å². The highest BCUT2D eigenvalue weighted by molar-refractivity contribution is 5.98. The molecule has 0 radical (unpaired) electrons. The fourth-order valence-corrected chi connectivity index (χ4v) is 1.37. The molecule has 0 saturated heterocycles. The molecule has 0 fully saturated rings. The van der Waals surface area contributed by atoms with Crippen LogP contribution in [0.1, 0.15) is 23.7 Å². The summed E-state index contributed by atoms with van der Waals surface area (Å²) in [5.74, 6) is 0.455. The molecule has 1 aromatic heterocycles. The number of nitrogen functional groups attached to an aromatic ring is 1. The minimum Gasteiger partial charge on any atom is -0.477 e. The van der Waals surface area contributed by atoms with Crippen LogP contribution < -0.4 is 10.5 Å². The summed E-state index contributed by atoms with van der Waals surface area (Å²) >= 11 is 0. The number of rotatable bonds is 3. The molecule has 0 spiro atoms. The van der Waals surface area contributed by atoms with E-state index in [1.54, 1.807) is 0 Å². The molecule has 4 heteroatoms. The summed E-state index contributed by atoms with van der Waals surface area (Å²) in [6.45, 7) is 6.19. The van der Waals surface area contributed by atoms with Crippen LogP contribution in [0, 0.1) is 19.3 Å². The third kappa shape index (κ3) is 2.02. The second-order valence-corrected chi connectivity index (χ2v) is 3.11. The first-order valence-electron chi connectivity index (χ1n) is 4.51. The number of amidine groups is 1. The van der Waals surface area contributed by atoms with E-state index >= 15 is 0 Å². The molecule has 0 unspecified atom stereocenters. The highest BCUT2D eigenvalue weighted by Gasteiger charge is 2.12. The van der Waals surface area contributed by atoms with E-state index in [0.29, 0.717) is 18.1 Å². The number of aromatic nitrogens is 1. The van der Waals surface area contributed by atoms with Gasteiger partial charge in [0.25, 0.3) is 0 Å². The highest BCUT2D eigenvalue weighted by atomic mass is 16.5. The Balaban J connectivity index is 3.28. The van der Waals surface area contributed by atoms with Gasteiger partial charge in [0.15, 0.2) is 0 Å². The molecule has 4 nitrogen and oxygen atoms in total. The average Bonchev–Trinajstić information content (AvgIpc) is 2.01. The number of nitrogens with zero attached hydrogens (tertiary/aromatic N) is 1. The van der Waals surface area contributed by atoms with Crippen molar-refractivity contribution in [2.24, 2.45) is 5.73 Å². The molecule has 1 rings (SSSR count). The summed E-state index contributed by atoms with van der Waals surface area (Å²) in [6.07, 6.45) is 0. The van der Waals surface area contributed by atoms with Gasteiger partial charge in [-0.15, -0.1) is 0 Å². The standard InChI is InChI=1S/C10H15N3O/c1-4-14-10-8(9(11)12)6(2)5-7(3)13-10/h5H,4H2,1-3H3,(H3,11,12). The molecule has 0 bridgehead atoms. The molecule has 0 amide bonds. The molecular formula is C10H15N3O. The number of pyridine rings is 1. The van der Waals surface area contributed by atoms with Crippen LogP contribution in [-0.2, 0) is 0 Å². The molecule has 0 aliphatic rings. The predicted molar refractivity (Wildman–Crippen MR) is 55.9 cm³/mol. The van der Waals surface area contributed by atoms with Gasteiger partial charge in [-0.2, -0.15) is 0 Å². The molecule has 0 saturated carbocycles. The van der Waals surface area contributed by atoms with Crippen molar-refractivity contribution in [2.75, 3.05) is 6.61 Å². The molecular weight excluding hydrogens is 178 g/mol. The average molecular weight is 193 g/mol. The second kappa shape index (κ2) is 4.09. The van der Waals surface area contributed by atoms with Crippen molar-refractivity contribution in [3.05, 3.63) is 22.9 Å². The third-order valence-electron chi connectivity index (χ3n) is 1.86. The highest BCUT2D eigenvalue weighted by Crippen LogP contribution is 2.20. The summed E-state index contributed by atoms with van der Waals surface area (Å²) in [5, 5.41) is 7.42. The quantitative estimate of drug-likeness (QED) is 0.562. The van der Waals surface area contributed by atoms with Gasteiger partial charge >= 0.3 is 0 Å². The maximum Gasteiger partial charge on any atom is 0.224 e. The first-order valence-corrected chi connectivity index (χ1v) is 4.51. The Morgan fingerprint density at radius 3 is 2.71 bits per heavy atom. The van der Waals surface area contributed by atoms with Crippen molar-refractivity contribution in [1.29, 1.82) is 5.41 Å². The lowest BCUT2D eigenvalue weighted by Crippen LogP contribution is -2.16. The van der Waals surface area contributed by atoms with Crippen LogP contribution in [0.2, 0.25) is 0 Å². The maximum absolute atomic E-state index is 7.42. The van der Waals surface area contributed by atoms with Crippen molar-refractivity contribution >= 4 is 5.84 Å². The lowest BCUT2D eigenvalue weighted by molar-refractivity contribution is 0.325. The fourth-order valence-electron chi connectivity index (χ4n) is 1.37. The Morgan fingerprint density at radius 1 is 1.57 bits per heavy atom. The Morgan fingerprint density at radius 2 is 2.21 bits per heavy atom. The first kappa shape index (κ1) is 10.5. The summed E-state index contributed by atoms with van der Waals surface area (Å²) in [4.78, 5) is 4.20. The van der Waals surface area contributed by atoms with Crippen LogP contribution in [0.15, 0.2) is 6.07 Å². The van der Waals surface area contributed by atoms with Gasteiger partial charge in [-0.05, 0) is 32.4 Å². The lowest BCUT2D eigenvalue weighted by Gasteiger charge is -2.11. The van der Waals surface area contributed by atoms with E-state index in [9.17, 15) is 0 Å². The number of ether oxygens (including phenoxy) is 1. The largest absolute Gasteiger partial charge is 0.477 e. The molecule has 1 heterocycles. The van der Waals surface area contributed by atoms with Crippen LogP contribution in [0.25, 0.3) is 0 Å². The summed E-state index contributed by atoms with van der Waals surface area (Å²) in [6, 6.07) is 1.89. The van der Waals surface area contributed by atoms with E-state index in [1.165, 1.54) is 0 Å². The Hall–Kier alpha value is -1.58. The maximum atomic E-state index is 7.42. The molecule has 0 aromatic carbocycles. The van der Waals surface area contributed by atoms with Gasteiger partial charge in [-0.25, -0.2) is 4.98 Å². The van der Waals surface area contributed by atoms with E-state index in [-0.39, 0.29) is 5.84 Å². The van der Waals surface area contributed by atoms with Crippen LogP contribution in [-0.4, -0.2) is 17.4 Å². The SMILES string of the molecule is CCOc1nc(C)cc(C)c1C(=N)N. The van der Waals surface area contributed by atoms with Gasteiger partial charge in [0.05, 0.1) is 12.2 Å². The van der Waals surface area contributed by atoms with Crippen molar-refractivity contribution in [3.8, 4) is 5.88 Å². The summed E-state index contributed by atoms with van der Waals surface area (Å²) in [5.41, 5.74) is 7.85. The van der Waals surface area contributed by atoms with Gasteiger partial charge in [0.2, 0.25) is 5.88 Å². The zero-order chi connectivity index (χ0) is 10.7. The van der Waals surface area contributed by atoms with E-state index in [2.05, 4.69) is 4.98 Å². The zero-order valence-corrected chi connectivity index (χ0v) is 8.72. The van der Waals surface area contributed by atoms with Gasteiger partial charge in [-0.3, -0.25) is 5.41 Å². The summed E-state index contributed by atoms with van der Waals surface area (Å²) in [7, 11) is 0. The van der Waals surface area contributed by atoms with Gasteiger partial charge in [0.1, 0.15) is 5.84 Å². The predicted octanol–water partition coefficient (Wildman–Crippen LogP) is 1.38. The minimum absolute atomic E-state index is 0.00144. The number of aryl methyl sites for hydroxylation is 2. The number of nitrogens with one attached hydrogen (secondary N) is 1. The van der Waals surface area contributed by atoms with Crippen molar-refractivity contribution in [2.45, 2.75) is 20.8 Å². The molecule has 76 valence electrons. The van der Waals surface area contributed by atoms with Crippen molar-refractivity contribution in [3.63, 3.8) is 0 Å². The monoisotopic (exact) mass is 193 g/mol. The third-order valence-corrected chi connectivity index (χ3v) is 1.86. The molecule has 14 heavy (non-hydrogen) atoms. The molecule has 0 aliphatic heterocycles. The van der Waals surface area contributed by atoms with E-state index in [1.807, 2.05) is 26.8 Å².